The number of guanidine groups is 1. The van der Waals surface area contributed by atoms with Gasteiger partial charge in [0.05, 0.1) is 6.61 Å². The fraction of sp³-hybridized carbons (Fsp3) is 0.750. The first kappa shape index (κ1) is 15.4. The summed E-state index contributed by atoms with van der Waals surface area (Å²) in [6.45, 7) is 5.96. The average Bonchev–Trinajstić information content (AvgIpc) is 2.84. The molecule has 0 bridgehead atoms. The molecule has 0 saturated heterocycles. The van der Waals surface area contributed by atoms with E-state index in [1.54, 1.807) is 7.11 Å². The van der Waals surface area contributed by atoms with Gasteiger partial charge in [-0.1, -0.05) is 19.0 Å². The third-order valence-corrected chi connectivity index (χ3v) is 2.44. The van der Waals surface area contributed by atoms with Crippen LogP contribution < -0.4 is 11.1 Å². The van der Waals surface area contributed by atoms with Crippen molar-refractivity contribution in [3.8, 4) is 0 Å². The largest absolute Gasteiger partial charge is 0.383 e. The number of rotatable bonds is 8. The van der Waals surface area contributed by atoms with E-state index in [4.69, 9.17) is 15.0 Å². The lowest BCUT2D eigenvalue weighted by Gasteiger charge is -2.03. The fourth-order valence-corrected chi connectivity index (χ4v) is 1.37. The van der Waals surface area contributed by atoms with E-state index in [1.807, 2.05) is 13.8 Å². The highest BCUT2D eigenvalue weighted by molar-refractivity contribution is 5.77. The lowest BCUT2D eigenvalue weighted by atomic mass is 10.2. The van der Waals surface area contributed by atoms with Gasteiger partial charge in [0.25, 0.3) is 0 Å². The molecule has 0 atom stereocenters. The van der Waals surface area contributed by atoms with Crippen molar-refractivity contribution in [2.45, 2.75) is 32.6 Å². The van der Waals surface area contributed by atoms with E-state index in [0.717, 1.165) is 12.2 Å². The van der Waals surface area contributed by atoms with Gasteiger partial charge in [-0.3, -0.25) is 4.99 Å². The second kappa shape index (κ2) is 8.47. The monoisotopic (exact) mass is 269 g/mol. The highest BCUT2D eigenvalue weighted by Gasteiger charge is 2.08. The van der Waals surface area contributed by atoms with Crippen LogP contribution in [0.4, 0.5) is 0 Å². The van der Waals surface area contributed by atoms with Gasteiger partial charge in [0.15, 0.2) is 11.8 Å². The zero-order chi connectivity index (χ0) is 14.1. The Labute approximate surface area is 113 Å². The summed E-state index contributed by atoms with van der Waals surface area (Å²) < 4.78 is 10.0. The molecule has 0 aliphatic rings. The maximum atomic E-state index is 5.67. The molecule has 108 valence electrons. The third kappa shape index (κ3) is 6.19. The van der Waals surface area contributed by atoms with Crippen LogP contribution in [0.15, 0.2) is 9.52 Å². The summed E-state index contributed by atoms with van der Waals surface area (Å²) in [6, 6.07) is 0. The van der Waals surface area contributed by atoms with Crippen molar-refractivity contribution in [3.63, 3.8) is 0 Å². The molecular formula is C12H23N5O2. The number of hydrogen-bond donors (Lipinski definition) is 2. The minimum Gasteiger partial charge on any atom is -0.383 e. The standard InChI is InChI=1S/C12H23N5O2/c1-9(2)11-16-10(19-17-11)5-4-6-14-12(13)15-7-8-18-3/h9H,4-8H2,1-3H3,(H3,13,14,15). The summed E-state index contributed by atoms with van der Waals surface area (Å²) in [7, 11) is 1.64. The molecule has 0 aliphatic heterocycles. The van der Waals surface area contributed by atoms with E-state index >= 15 is 0 Å². The van der Waals surface area contributed by atoms with Crippen molar-refractivity contribution in [2.24, 2.45) is 10.7 Å². The molecule has 7 heteroatoms. The minimum atomic E-state index is 0.288. The van der Waals surface area contributed by atoms with Gasteiger partial charge in [-0.2, -0.15) is 4.98 Å². The number of methoxy groups -OCH3 is 1. The molecule has 1 heterocycles. The SMILES string of the molecule is COCCNC(N)=NCCCc1nc(C(C)C)no1. The van der Waals surface area contributed by atoms with E-state index < -0.39 is 0 Å². The van der Waals surface area contributed by atoms with Crippen LogP contribution in [0.2, 0.25) is 0 Å². The smallest absolute Gasteiger partial charge is 0.226 e. The van der Waals surface area contributed by atoms with Crippen molar-refractivity contribution in [1.82, 2.24) is 15.5 Å². The van der Waals surface area contributed by atoms with Gasteiger partial charge in [0, 0.05) is 32.5 Å². The lowest BCUT2D eigenvalue weighted by Crippen LogP contribution is -2.34. The topological polar surface area (TPSA) is 98.6 Å². The summed E-state index contributed by atoms with van der Waals surface area (Å²) in [5.74, 6) is 2.13. The molecular weight excluding hydrogens is 246 g/mol. The summed E-state index contributed by atoms with van der Waals surface area (Å²) >= 11 is 0. The van der Waals surface area contributed by atoms with E-state index in [2.05, 4.69) is 20.4 Å². The zero-order valence-corrected chi connectivity index (χ0v) is 11.8. The minimum absolute atomic E-state index is 0.288. The Morgan fingerprint density at radius 3 is 2.95 bits per heavy atom. The number of nitrogens with one attached hydrogen (secondary N) is 1. The van der Waals surface area contributed by atoms with Gasteiger partial charge in [-0.15, -0.1) is 0 Å². The van der Waals surface area contributed by atoms with Crippen LogP contribution in [0.5, 0.6) is 0 Å². The number of ether oxygens (including phenoxy) is 1. The molecule has 0 spiro atoms. The maximum Gasteiger partial charge on any atom is 0.226 e. The fourth-order valence-electron chi connectivity index (χ4n) is 1.37. The highest BCUT2D eigenvalue weighted by atomic mass is 16.5. The van der Waals surface area contributed by atoms with Crippen LogP contribution in [-0.2, 0) is 11.2 Å². The molecule has 0 unspecified atom stereocenters. The Morgan fingerprint density at radius 1 is 1.53 bits per heavy atom. The van der Waals surface area contributed by atoms with Crippen LogP contribution in [0, 0.1) is 0 Å². The molecule has 0 fully saturated rings. The maximum absolute atomic E-state index is 5.67. The van der Waals surface area contributed by atoms with E-state index in [9.17, 15) is 0 Å². The quantitative estimate of drug-likeness (QED) is 0.409. The molecule has 1 aromatic heterocycles. The Hall–Kier alpha value is -1.63. The van der Waals surface area contributed by atoms with Crippen LogP contribution in [0.25, 0.3) is 0 Å². The normalized spacial score (nSPS) is 12.1. The summed E-state index contributed by atoms with van der Waals surface area (Å²) in [6.07, 6.45) is 1.54. The van der Waals surface area contributed by atoms with Gasteiger partial charge in [-0.25, -0.2) is 0 Å². The first-order valence-electron chi connectivity index (χ1n) is 6.48. The summed E-state index contributed by atoms with van der Waals surface area (Å²) in [5, 5.41) is 6.86. The molecule has 3 N–H and O–H groups in total. The molecule has 0 aliphatic carbocycles. The highest BCUT2D eigenvalue weighted by Crippen LogP contribution is 2.10. The molecule has 0 radical (unpaired) electrons. The zero-order valence-electron chi connectivity index (χ0n) is 11.8. The van der Waals surface area contributed by atoms with E-state index in [0.29, 0.717) is 38.0 Å². The second-order valence-corrected chi connectivity index (χ2v) is 4.49. The molecule has 1 aromatic rings. The predicted octanol–water partition coefficient (Wildman–Crippen LogP) is 0.676. The van der Waals surface area contributed by atoms with E-state index in [-0.39, 0.29) is 5.92 Å². The van der Waals surface area contributed by atoms with Gasteiger partial charge in [0.2, 0.25) is 5.89 Å². The first-order chi connectivity index (χ1) is 9.13. The van der Waals surface area contributed by atoms with Crippen molar-refractivity contribution >= 4 is 5.96 Å². The Balaban J connectivity index is 2.20. The third-order valence-electron chi connectivity index (χ3n) is 2.44. The van der Waals surface area contributed by atoms with Crippen LogP contribution >= 0.6 is 0 Å². The van der Waals surface area contributed by atoms with Gasteiger partial charge < -0.3 is 20.3 Å². The van der Waals surface area contributed by atoms with Gasteiger partial charge >= 0.3 is 0 Å². The molecule has 1 rings (SSSR count). The van der Waals surface area contributed by atoms with Crippen LogP contribution in [0.1, 0.15) is 37.9 Å². The van der Waals surface area contributed by atoms with Gasteiger partial charge in [-0.05, 0) is 6.42 Å². The number of nitrogens with zero attached hydrogens (tertiary/aromatic N) is 3. The van der Waals surface area contributed by atoms with Crippen molar-refractivity contribution in [1.29, 1.82) is 0 Å². The Kier molecular flexibility index (Phi) is 6.88. The van der Waals surface area contributed by atoms with Crippen molar-refractivity contribution in [2.75, 3.05) is 26.8 Å². The molecule has 19 heavy (non-hydrogen) atoms. The van der Waals surface area contributed by atoms with Gasteiger partial charge in [0.1, 0.15) is 0 Å². The molecule has 0 amide bonds. The molecule has 0 aromatic carbocycles. The number of aryl methyl sites for hydroxylation is 1. The average molecular weight is 269 g/mol. The van der Waals surface area contributed by atoms with Crippen LogP contribution in [-0.4, -0.2) is 42.9 Å². The molecule has 0 saturated carbocycles. The first-order valence-corrected chi connectivity index (χ1v) is 6.48. The number of aliphatic imine (C=N–C) groups is 1. The number of aromatic nitrogens is 2. The lowest BCUT2D eigenvalue weighted by molar-refractivity contribution is 0.204. The predicted molar refractivity (Wildman–Crippen MR) is 73.1 cm³/mol. The van der Waals surface area contributed by atoms with Crippen molar-refractivity contribution in [3.05, 3.63) is 11.7 Å². The summed E-state index contributed by atoms with van der Waals surface area (Å²) in [5.41, 5.74) is 5.67. The number of nitrogens with two attached hydrogens (primary N) is 1. The van der Waals surface area contributed by atoms with Crippen LogP contribution in [0.3, 0.4) is 0 Å². The summed E-state index contributed by atoms with van der Waals surface area (Å²) in [4.78, 5) is 8.49. The second-order valence-electron chi connectivity index (χ2n) is 4.49. The Morgan fingerprint density at radius 2 is 2.32 bits per heavy atom. The number of hydrogen-bond acceptors (Lipinski definition) is 5. The Bertz CT molecular complexity index is 389. The van der Waals surface area contributed by atoms with Crippen molar-refractivity contribution < 1.29 is 9.26 Å². The molecule has 7 nitrogen and oxygen atoms in total. The van der Waals surface area contributed by atoms with E-state index in [1.165, 1.54) is 0 Å².